The Morgan fingerprint density at radius 2 is 1.81 bits per heavy atom. The predicted molar refractivity (Wildman–Crippen MR) is 101 cm³/mol. The highest BCUT2D eigenvalue weighted by atomic mass is 19.1. The summed E-state index contributed by atoms with van der Waals surface area (Å²) >= 11 is 0. The first-order chi connectivity index (χ1) is 13.2. The van der Waals surface area contributed by atoms with Gasteiger partial charge in [0.2, 0.25) is 0 Å². The maximum absolute atomic E-state index is 13.0. The summed E-state index contributed by atoms with van der Waals surface area (Å²) in [5.41, 5.74) is 2.19. The van der Waals surface area contributed by atoms with E-state index < -0.39 is 5.82 Å². The molecular weight excluding hydrogens is 345 g/mol. The van der Waals surface area contributed by atoms with Gasteiger partial charge in [-0.05, 0) is 48.0 Å². The zero-order valence-electron chi connectivity index (χ0n) is 14.3. The third-order valence-electron chi connectivity index (χ3n) is 4.12. The lowest BCUT2D eigenvalue weighted by Crippen LogP contribution is -2.12. The molecule has 4 rings (SSSR count). The van der Waals surface area contributed by atoms with E-state index in [1.165, 1.54) is 24.3 Å². The normalized spacial score (nSPS) is 10.7. The number of hydrogen-bond acceptors (Lipinski definition) is 3. The van der Waals surface area contributed by atoms with Gasteiger partial charge in [0.25, 0.3) is 5.91 Å². The van der Waals surface area contributed by atoms with Gasteiger partial charge in [-0.25, -0.2) is 4.39 Å². The van der Waals surface area contributed by atoms with Crippen molar-refractivity contribution in [3.8, 4) is 5.75 Å². The lowest BCUT2D eigenvalue weighted by molar-refractivity contribution is 0.102. The second kappa shape index (κ2) is 7.29. The number of hydrogen-bond donors (Lipinski definition) is 2. The van der Waals surface area contributed by atoms with Crippen LogP contribution in [0.4, 0.5) is 10.2 Å². The van der Waals surface area contributed by atoms with Crippen LogP contribution in [0.3, 0.4) is 0 Å². The average molecular weight is 361 g/mol. The van der Waals surface area contributed by atoms with E-state index in [0.717, 1.165) is 16.5 Å². The number of anilines is 1. The Morgan fingerprint density at radius 3 is 2.59 bits per heavy atom. The van der Waals surface area contributed by atoms with Gasteiger partial charge in [-0.1, -0.05) is 30.3 Å². The number of ether oxygens (including phenoxy) is 1. The molecule has 0 fully saturated rings. The van der Waals surface area contributed by atoms with Crippen LogP contribution in [0.2, 0.25) is 0 Å². The summed E-state index contributed by atoms with van der Waals surface area (Å²) in [6.07, 6.45) is 0. The second-order valence-corrected chi connectivity index (χ2v) is 6.01. The van der Waals surface area contributed by atoms with Gasteiger partial charge < -0.3 is 10.1 Å². The molecule has 0 aliphatic heterocycles. The smallest absolute Gasteiger partial charge is 0.256 e. The molecule has 0 radical (unpaired) electrons. The maximum atomic E-state index is 13.0. The summed E-state index contributed by atoms with van der Waals surface area (Å²) < 4.78 is 18.8. The molecule has 0 saturated heterocycles. The Morgan fingerprint density at radius 1 is 1.04 bits per heavy atom. The van der Waals surface area contributed by atoms with Gasteiger partial charge >= 0.3 is 0 Å². The van der Waals surface area contributed by atoms with Gasteiger partial charge in [-0.15, -0.1) is 0 Å². The van der Waals surface area contributed by atoms with Crippen molar-refractivity contribution in [2.45, 2.75) is 6.61 Å². The van der Waals surface area contributed by atoms with E-state index in [-0.39, 0.29) is 5.91 Å². The van der Waals surface area contributed by atoms with Crippen molar-refractivity contribution in [1.29, 1.82) is 0 Å². The summed E-state index contributed by atoms with van der Waals surface area (Å²) in [7, 11) is 0. The summed E-state index contributed by atoms with van der Waals surface area (Å²) in [4.78, 5) is 12.3. The summed E-state index contributed by atoms with van der Waals surface area (Å²) in [5.74, 6) is 0.311. The van der Waals surface area contributed by atoms with Crippen LogP contribution in [0.25, 0.3) is 10.9 Å². The largest absolute Gasteiger partial charge is 0.489 e. The Hall–Kier alpha value is -3.67. The van der Waals surface area contributed by atoms with Crippen molar-refractivity contribution < 1.29 is 13.9 Å². The van der Waals surface area contributed by atoms with Crippen LogP contribution in [0.1, 0.15) is 15.9 Å². The van der Waals surface area contributed by atoms with Crippen molar-refractivity contribution >= 4 is 22.6 Å². The number of fused-ring (bicyclic) bond motifs is 1. The first-order valence-electron chi connectivity index (χ1n) is 8.41. The molecule has 0 aliphatic rings. The molecule has 0 spiro atoms. The van der Waals surface area contributed by atoms with E-state index in [2.05, 4.69) is 15.5 Å². The number of aromatic nitrogens is 2. The minimum Gasteiger partial charge on any atom is -0.489 e. The molecule has 0 atom stereocenters. The Balaban J connectivity index is 1.53. The quantitative estimate of drug-likeness (QED) is 0.549. The minimum absolute atomic E-state index is 0.351. The molecule has 27 heavy (non-hydrogen) atoms. The van der Waals surface area contributed by atoms with Crippen LogP contribution in [0.5, 0.6) is 5.75 Å². The lowest BCUT2D eigenvalue weighted by Gasteiger charge is -2.07. The molecule has 6 heteroatoms. The molecule has 1 heterocycles. The number of carbonyl (C=O) groups is 1. The van der Waals surface area contributed by atoms with Crippen LogP contribution in [-0.2, 0) is 6.61 Å². The number of nitrogens with one attached hydrogen (secondary N) is 2. The first-order valence-corrected chi connectivity index (χ1v) is 8.41. The predicted octanol–water partition coefficient (Wildman–Crippen LogP) is 4.53. The van der Waals surface area contributed by atoms with Gasteiger partial charge in [0.15, 0.2) is 5.82 Å². The second-order valence-electron chi connectivity index (χ2n) is 6.01. The van der Waals surface area contributed by atoms with Crippen LogP contribution < -0.4 is 10.1 Å². The van der Waals surface area contributed by atoms with E-state index in [9.17, 15) is 9.18 Å². The third kappa shape index (κ3) is 3.79. The third-order valence-corrected chi connectivity index (χ3v) is 4.12. The molecule has 1 aromatic heterocycles. The number of amides is 1. The standard InChI is InChI=1S/C21H16FN3O2/c22-16-8-6-15(7-9-16)21(26)23-20-18-12-17(10-11-19(18)24-25-20)27-13-14-4-2-1-3-5-14/h1-12H,13H2,(H2,23,24,25,26). The molecule has 0 bridgehead atoms. The maximum Gasteiger partial charge on any atom is 0.256 e. The van der Waals surface area contributed by atoms with Gasteiger partial charge in [0.1, 0.15) is 18.2 Å². The Bertz CT molecular complexity index is 1080. The lowest BCUT2D eigenvalue weighted by atomic mass is 10.2. The van der Waals surface area contributed by atoms with E-state index >= 15 is 0 Å². The number of benzene rings is 3. The number of H-pyrrole nitrogens is 1. The molecule has 5 nitrogen and oxygen atoms in total. The molecule has 0 aliphatic carbocycles. The van der Waals surface area contributed by atoms with Crippen LogP contribution in [0, 0.1) is 5.82 Å². The zero-order chi connectivity index (χ0) is 18.6. The van der Waals surface area contributed by atoms with Crippen molar-refractivity contribution in [1.82, 2.24) is 10.2 Å². The molecule has 3 aromatic carbocycles. The fourth-order valence-electron chi connectivity index (χ4n) is 2.70. The fraction of sp³-hybridized carbons (Fsp3) is 0.0476. The molecule has 0 unspecified atom stereocenters. The molecule has 0 saturated carbocycles. The molecule has 2 N–H and O–H groups in total. The van der Waals surface area contributed by atoms with Crippen LogP contribution >= 0.6 is 0 Å². The summed E-state index contributed by atoms with van der Waals surface area (Å²) in [6.45, 7) is 0.446. The number of carbonyl (C=O) groups excluding carboxylic acids is 1. The highest BCUT2D eigenvalue weighted by Gasteiger charge is 2.12. The van der Waals surface area contributed by atoms with Gasteiger partial charge in [0, 0.05) is 10.9 Å². The molecular formula is C21H16FN3O2. The van der Waals surface area contributed by atoms with Gasteiger partial charge in [0.05, 0.1) is 5.52 Å². The van der Waals surface area contributed by atoms with Crippen LogP contribution in [0.15, 0.2) is 72.8 Å². The highest BCUT2D eigenvalue weighted by molar-refractivity contribution is 6.07. The monoisotopic (exact) mass is 361 g/mol. The highest BCUT2D eigenvalue weighted by Crippen LogP contribution is 2.26. The number of nitrogens with zero attached hydrogens (tertiary/aromatic N) is 1. The summed E-state index contributed by atoms with van der Waals surface area (Å²) in [5, 5.41) is 10.5. The zero-order valence-corrected chi connectivity index (χ0v) is 14.3. The Kier molecular flexibility index (Phi) is 4.53. The SMILES string of the molecule is O=C(Nc1n[nH]c2ccc(OCc3ccccc3)cc12)c1ccc(F)cc1. The first kappa shape index (κ1) is 16.8. The van der Waals surface area contributed by atoms with E-state index in [0.29, 0.717) is 23.7 Å². The van der Waals surface area contributed by atoms with Gasteiger partial charge in [-0.3, -0.25) is 9.89 Å². The number of rotatable bonds is 5. The van der Waals surface area contributed by atoms with Crippen LogP contribution in [-0.4, -0.2) is 16.1 Å². The summed E-state index contributed by atoms with van der Waals surface area (Å²) in [6, 6.07) is 20.7. The molecule has 4 aromatic rings. The van der Waals surface area contributed by atoms with E-state index in [1.54, 1.807) is 0 Å². The molecule has 134 valence electrons. The topological polar surface area (TPSA) is 67.0 Å². The Labute approximate surface area is 154 Å². The van der Waals surface area contributed by atoms with Gasteiger partial charge in [-0.2, -0.15) is 5.10 Å². The number of aromatic amines is 1. The number of halogens is 1. The van der Waals surface area contributed by atoms with Crippen molar-refractivity contribution in [3.63, 3.8) is 0 Å². The van der Waals surface area contributed by atoms with E-state index in [4.69, 9.17) is 4.74 Å². The van der Waals surface area contributed by atoms with Crippen molar-refractivity contribution in [2.75, 3.05) is 5.32 Å². The fourth-order valence-corrected chi connectivity index (χ4v) is 2.70. The minimum atomic E-state index is -0.392. The van der Waals surface area contributed by atoms with E-state index in [1.807, 2.05) is 48.5 Å². The molecule has 1 amide bonds. The van der Waals surface area contributed by atoms with Crippen molar-refractivity contribution in [2.24, 2.45) is 0 Å². The average Bonchev–Trinajstić information content (AvgIpc) is 3.10. The van der Waals surface area contributed by atoms with Crippen molar-refractivity contribution in [3.05, 3.63) is 89.7 Å².